The minimum atomic E-state index is -2.36. The molecule has 0 unspecified atom stereocenters. The van der Waals surface area contributed by atoms with Gasteiger partial charge in [0, 0.05) is 27.9 Å². The number of hydrogen-bond donors (Lipinski definition) is 3. The van der Waals surface area contributed by atoms with Crippen LogP contribution in [0.5, 0.6) is 0 Å². The first kappa shape index (κ1) is 25.5. The van der Waals surface area contributed by atoms with E-state index in [0.717, 1.165) is 11.3 Å². The molecule has 0 spiro atoms. The predicted molar refractivity (Wildman–Crippen MR) is 104 cm³/mol. The van der Waals surface area contributed by atoms with Gasteiger partial charge in [-0.25, -0.2) is 4.98 Å². The van der Waals surface area contributed by atoms with Crippen LogP contribution in [0.25, 0.3) is 0 Å². The number of ether oxygens (including phenoxy) is 1. The smallest absolute Gasteiger partial charge is 0.544 e. The van der Waals surface area contributed by atoms with Gasteiger partial charge in [-0.3, -0.25) is 23.5 Å². The standard InChI is InChI=1S/C16H17N5O9S2.Na/c17-15-18-7(4-31-15)9(20-29-2-1-22)11(24)19-10-12(25)21-13(10)32(28)5-6-3-8(23)30-16(6,21)14(26)27;/h4,6,10,13,22H,1-3,5H2,(H2,17,18)(H,19,24)(H,26,27);/q;+1/p-1/b20-9-;/t6-,10+,13+,16+,32-;/m0./s1. The number of aliphatic carboxylic acids is 1. The van der Waals surface area contributed by atoms with Crippen LogP contribution >= 0.6 is 11.3 Å². The Bertz CT molecular complexity index is 1060. The zero-order valence-corrected chi connectivity index (χ0v) is 20.7. The van der Waals surface area contributed by atoms with Crippen LogP contribution in [0.15, 0.2) is 10.5 Å². The second-order valence-corrected chi connectivity index (χ2v) is 9.49. The molecule has 0 aliphatic carbocycles. The number of esters is 1. The SMILES string of the molecule is Nc1nc(/C(=N/OCCO)C(=O)N[C@@H]2C(=O)N3[C@@H]2[S@@](=O)C[C@@H]2CC(=O)O[C@@]23C(=O)[O-])cs1.[Na+]. The average Bonchev–Trinajstić information content (AvgIpc) is 3.30. The summed E-state index contributed by atoms with van der Waals surface area (Å²) in [5.74, 6) is -5.76. The van der Waals surface area contributed by atoms with Gasteiger partial charge in [0.2, 0.25) is 5.72 Å². The summed E-state index contributed by atoms with van der Waals surface area (Å²) in [4.78, 5) is 58.7. The number of carbonyl (C=O) groups is 4. The van der Waals surface area contributed by atoms with E-state index < -0.39 is 57.6 Å². The third-order valence-corrected chi connectivity index (χ3v) is 7.60. The fourth-order valence-electron chi connectivity index (χ4n) is 3.84. The van der Waals surface area contributed by atoms with E-state index in [9.17, 15) is 28.5 Å². The number of fused-ring (bicyclic) bond motifs is 3. The molecular weight excluding hydrogens is 493 g/mol. The fraction of sp³-hybridized carbons (Fsp3) is 0.500. The van der Waals surface area contributed by atoms with Crippen molar-refractivity contribution in [2.24, 2.45) is 11.1 Å². The quantitative estimate of drug-likeness (QED) is 0.0784. The molecule has 14 nitrogen and oxygen atoms in total. The first-order valence-electron chi connectivity index (χ1n) is 9.17. The summed E-state index contributed by atoms with van der Waals surface area (Å²) in [6, 6.07) is -1.38. The molecule has 1 aromatic rings. The maximum absolute atomic E-state index is 12.8. The number of aliphatic hydroxyl groups is 1. The molecule has 0 radical (unpaired) electrons. The van der Waals surface area contributed by atoms with Crippen LogP contribution in [0.2, 0.25) is 0 Å². The fourth-order valence-corrected chi connectivity index (χ4v) is 6.31. The van der Waals surface area contributed by atoms with Crippen LogP contribution in [0.4, 0.5) is 5.13 Å². The van der Waals surface area contributed by atoms with E-state index in [2.05, 4.69) is 15.5 Å². The number of aromatic nitrogens is 1. The summed E-state index contributed by atoms with van der Waals surface area (Å²) in [6.07, 6.45) is -0.322. The summed E-state index contributed by atoms with van der Waals surface area (Å²) in [5, 5.41) is 27.0. The molecule has 4 rings (SSSR count). The molecule has 3 aliphatic rings. The van der Waals surface area contributed by atoms with Crippen molar-refractivity contribution in [2.45, 2.75) is 23.6 Å². The summed E-state index contributed by atoms with van der Waals surface area (Å²) >= 11 is 1.02. The van der Waals surface area contributed by atoms with E-state index in [-0.39, 0.29) is 71.5 Å². The van der Waals surface area contributed by atoms with Gasteiger partial charge in [-0.1, -0.05) is 5.16 Å². The predicted octanol–water partition coefficient (Wildman–Crippen LogP) is -7.13. The third-order valence-electron chi connectivity index (χ3n) is 5.17. The molecule has 3 aliphatic heterocycles. The van der Waals surface area contributed by atoms with Gasteiger partial charge in [0.1, 0.15) is 29.7 Å². The van der Waals surface area contributed by atoms with Crippen molar-refractivity contribution in [1.29, 1.82) is 0 Å². The van der Waals surface area contributed by atoms with Crippen molar-refractivity contribution in [1.82, 2.24) is 15.2 Å². The summed E-state index contributed by atoms with van der Waals surface area (Å²) in [6.45, 7) is -0.597. The minimum absolute atomic E-state index is 0. The molecule has 5 atom stereocenters. The summed E-state index contributed by atoms with van der Waals surface area (Å²) in [7, 11) is -1.79. The second-order valence-electron chi connectivity index (χ2n) is 7.02. The molecule has 172 valence electrons. The maximum atomic E-state index is 12.8. The molecule has 0 bridgehead atoms. The van der Waals surface area contributed by atoms with Crippen LogP contribution in [-0.4, -0.2) is 84.8 Å². The second kappa shape index (κ2) is 9.63. The third kappa shape index (κ3) is 4.15. The van der Waals surface area contributed by atoms with E-state index >= 15 is 0 Å². The number of thiazole rings is 1. The van der Waals surface area contributed by atoms with Crippen molar-refractivity contribution in [3.63, 3.8) is 0 Å². The molecule has 3 saturated heterocycles. The Morgan fingerprint density at radius 3 is 2.85 bits per heavy atom. The number of nitrogens with one attached hydrogen (secondary N) is 1. The van der Waals surface area contributed by atoms with E-state index in [0.29, 0.717) is 4.90 Å². The van der Waals surface area contributed by atoms with Crippen molar-refractivity contribution in [2.75, 3.05) is 24.7 Å². The molecular formula is C16H16N5NaO9S2. The molecule has 0 aromatic carbocycles. The number of hydrogen-bond acceptors (Lipinski definition) is 13. The van der Waals surface area contributed by atoms with Crippen molar-refractivity contribution >= 4 is 56.7 Å². The van der Waals surface area contributed by atoms with Crippen LogP contribution in [-0.2, 0) is 39.6 Å². The van der Waals surface area contributed by atoms with Gasteiger partial charge in [-0.05, 0) is 0 Å². The van der Waals surface area contributed by atoms with Gasteiger partial charge in [0.15, 0.2) is 10.8 Å². The molecule has 4 N–H and O–H groups in total. The number of oxime groups is 1. The minimum Gasteiger partial charge on any atom is -0.544 e. The number of aliphatic hydroxyl groups excluding tert-OH is 1. The monoisotopic (exact) mass is 509 g/mol. The number of carboxylic acid groups (broad SMARTS) is 1. The molecule has 2 amide bonds. The zero-order valence-electron chi connectivity index (χ0n) is 17.1. The Morgan fingerprint density at radius 2 is 2.24 bits per heavy atom. The number of carboxylic acids is 1. The molecule has 3 fully saturated rings. The molecule has 1 aromatic heterocycles. The number of rotatable bonds is 7. The van der Waals surface area contributed by atoms with Gasteiger partial charge in [-0.2, -0.15) is 0 Å². The van der Waals surface area contributed by atoms with Gasteiger partial charge >= 0.3 is 35.5 Å². The van der Waals surface area contributed by atoms with Gasteiger partial charge in [-0.15, -0.1) is 11.3 Å². The number of β-lactam (4-membered cyclic amide) rings is 1. The van der Waals surface area contributed by atoms with Crippen LogP contribution in [0.1, 0.15) is 12.1 Å². The van der Waals surface area contributed by atoms with Crippen LogP contribution in [0, 0.1) is 5.92 Å². The van der Waals surface area contributed by atoms with Crippen LogP contribution < -0.4 is 45.7 Å². The largest absolute Gasteiger partial charge is 1.00 e. The van der Waals surface area contributed by atoms with Crippen LogP contribution in [0.3, 0.4) is 0 Å². The van der Waals surface area contributed by atoms with Gasteiger partial charge < -0.3 is 35.6 Å². The average molecular weight is 509 g/mol. The Balaban J connectivity index is 0.00000306. The van der Waals surface area contributed by atoms with Gasteiger partial charge in [0.25, 0.3) is 11.8 Å². The number of carbonyl (C=O) groups excluding carboxylic acids is 4. The number of anilines is 1. The Hall–Kier alpha value is -2.11. The first-order chi connectivity index (χ1) is 15.2. The number of nitrogen functional groups attached to an aromatic ring is 1. The summed E-state index contributed by atoms with van der Waals surface area (Å²) < 4.78 is 17.7. The molecule has 0 saturated carbocycles. The maximum Gasteiger partial charge on any atom is 1.00 e. The van der Waals surface area contributed by atoms with E-state index in [1.165, 1.54) is 5.38 Å². The zero-order chi connectivity index (χ0) is 23.2. The molecule has 4 heterocycles. The van der Waals surface area contributed by atoms with Crippen molar-refractivity contribution < 1.29 is 72.7 Å². The molecule has 17 heteroatoms. The number of amides is 2. The molecule has 33 heavy (non-hydrogen) atoms. The van der Waals surface area contributed by atoms with E-state index in [1.807, 2.05) is 0 Å². The van der Waals surface area contributed by atoms with Crippen molar-refractivity contribution in [3.05, 3.63) is 11.1 Å². The van der Waals surface area contributed by atoms with Gasteiger partial charge in [0.05, 0.1) is 13.0 Å². The Morgan fingerprint density at radius 1 is 1.52 bits per heavy atom. The Kier molecular flexibility index (Phi) is 7.45. The van der Waals surface area contributed by atoms with E-state index in [4.69, 9.17) is 20.4 Å². The first-order valence-corrected chi connectivity index (χ1v) is 11.4. The normalized spacial score (nSPS) is 30.3. The van der Waals surface area contributed by atoms with E-state index in [1.54, 1.807) is 0 Å². The summed E-state index contributed by atoms with van der Waals surface area (Å²) in [5.41, 5.74) is 2.89. The Labute approximate surface area is 214 Å². The van der Waals surface area contributed by atoms with Crippen molar-refractivity contribution in [3.8, 4) is 0 Å². The topological polar surface area (TPSA) is 214 Å². The number of nitrogens with zero attached hydrogens (tertiary/aromatic N) is 3. The number of nitrogens with two attached hydrogens (primary N) is 1.